The van der Waals surface area contributed by atoms with E-state index in [0.29, 0.717) is 5.92 Å². The van der Waals surface area contributed by atoms with Crippen LogP contribution in [-0.2, 0) is 6.42 Å². The van der Waals surface area contributed by atoms with Crippen molar-refractivity contribution in [2.45, 2.75) is 25.2 Å². The van der Waals surface area contributed by atoms with Gasteiger partial charge in [-0.15, -0.1) is 0 Å². The summed E-state index contributed by atoms with van der Waals surface area (Å²) < 4.78 is 4.37. The largest absolute Gasteiger partial charge is 0.330 e. The highest BCUT2D eigenvalue weighted by Crippen LogP contribution is 2.30. The first-order valence-corrected chi connectivity index (χ1v) is 4.88. The van der Waals surface area contributed by atoms with Crippen LogP contribution in [0.5, 0.6) is 0 Å². The first-order valence-electron chi connectivity index (χ1n) is 4.05. The van der Waals surface area contributed by atoms with Gasteiger partial charge in [0.2, 0.25) is 0 Å². The van der Waals surface area contributed by atoms with Gasteiger partial charge in [0.15, 0.2) is 0 Å². The van der Waals surface area contributed by atoms with Gasteiger partial charge in [-0.2, -0.15) is 4.37 Å². The lowest BCUT2D eigenvalue weighted by Gasteiger charge is -2.18. The molecule has 0 saturated heterocycles. The van der Waals surface area contributed by atoms with Gasteiger partial charge in [-0.3, -0.25) is 0 Å². The van der Waals surface area contributed by atoms with E-state index in [1.807, 2.05) is 0 Å². The van der Waals surface area contributed by atoms with Crippen LogP contribution < -0.4 is 5.73 Å². The van der Waals surface area contributed by atoms with Crippen molar-refractivity contribution in [2.75, 3.05) is 6.54 Å². The van der Waals surface area contributed by atoms with Crippen molar-refractivity contribution in [1.29, 1.82) is 0 Å². The van der Waals surface area contributed by atoms with E-state index in [4.69, 9.17) is 5.73 Å². The van der Waals surface area contributed by atoms with Crippen molar-refractivity contribution in [3.8, 4) is 0 Å². The van der Waals surface area contributed by atoms with Crippen LogP contribution in [0.3, 0.4) is 0 Å². The van der Waals surface area contributed by atoms with E-state index in [1.165, 1.54) is 30.5 Å². The molecule has 2 nitrogen and oxygen atoms in total. The van der Waals surface area contributed by atoms with Crippen LogP contribution in [0.4, 0.5) is 0 Å². The number of nitrogens with zero attached hydrogens (tertiary/aromatic N) is 1. The second-order valence-electron chi connectivity index (χ2n) is 3.05. The molecule has 1 aromatic rings. The van der Waals surface area contributed by atoms with E-state index in [0.717, 1.165) is 6.54 Å². The summed E-state index contributed by atoms with van der Waals surface area (Å²) in [6.45, 7) is 0.761. The van der Waals surface area contributed by atoms with Crippen molar-refractivity contribution < 1.29 is 0 Å². The molecule has 1 aliphatic carbocycles. The highest BCUT2D eigenvalue weighted by molar-refractivity contribution is 7.03. The van der Waals surface area contributed by atoms with Gasteiger partial charge in [0, 0.05) is 17.8 Å². The summed E-state index contributed by atoms with van der Waals surface area (Å²) in [5, 5.41) is 2.16. The van der Waals surface area contributed by atoms with Crippen LogP contribution in [-0.4, -0.2) is 10.9 Å². The van der Waals surface area contributed by atoms with E-state index in [1.54, 1.807) is 11.5 Å². The van der Waals surface area contributed by atoms with Crippen molar-refractivity contribution >= 4 is 11.5 Å². The molecule has 1 aromatic heterocycles. The number of hydrogen-bond donors (Lipinski definition) is 1. The predicted octanol–water partition coefficient (Wildman–Crippen LogP) is 1.52. The molecule has 0 aliphatic heterocycles. The lowest BCUT2D eigenvalue weighted by molar-refractivity contribution is 0.552. The Hall–Kier alpha value is -0.410. The molecule has 60 valence electrons. The standard InChI is InChI=1S/C8H12N2S/c9-4-6-2-1-3-7-5-11-10-8(6)7/h5-6H,1-4,9H2. The topological polar surface area (TPSA) is 38.9 Å². The summed E-state index contributed by atoms with van der Waals surface area (Å²) >= 11 is 1.57. The second kappa shape index (κ2) is 2.91. The van der Waals surface area contributed by atoms with Crippen molar-refractivity contribution in [3.05, 3.63) is 16.6 Å². The van der Waals surface area contributed by atoms with Crippen molar-refractivity contribution in [1.82, 2.24) is 4.37 Å². The minimum atomic E-state index is 0.546. The monoisotopic (exact) mass is 168 g/mol. The van der Waals surface area contributed by atoms with E-state index in [9.17, 15) is 0 Å². The SMILES string of the molecule is NCC1CCCc2csnc21. The number of rotatable bonds is 1. The van der Waals surface area contributed by atoms with Gasteiger partial charge in [-0.25, -0.2) is 0 Å². The Labute approximate surface area is 70.6 Å². The third-order valence-corrected chi connectivity index (χ3v) is 3.04. The molecule has 0 saturated carbocycles. The average molecular weight is 168 g/mol. The van der Waals surface area contributed by atoms with E-state index in [2.05, 4.69) is 9.75 Å². The fourth-order valence-corrected chi connectivity index (χ4v) is 2.49. The van der Waals surface area contributed by atoms with E-state index >= 15 is 0 Å². The molecule has 2 rings (SSSR count). The van der Waals surface area contributed by atoms with E-state index in [-0.39, 0.29) is 0 Å². The Morgan fingerprint density at radius 3 is 3.45 bits per heavy atom. The molecule has 0 amide bonds. The molecule has 1 aliphatic rings. The van der Waals surface area contributed by atoms with Gasteiger partial charge < -0.3 is 5.73 Å². The van der Waals surface area contributed by atoms with E-state index < -0.39 is 0 Å². The summed E-state index contributed by atoms with van der Waals surface area (Å²) in [7, 11) is 0. The number of hydrogen-bond acceptors (Lipinski definition) is 3. The molecule has 2 N–H and O–H groups in total. The number of fused-ring (bicyclic) bond motifs is 1. The average Bonchev–Trinajstić information content (AvgIpc) is 2.50. The van der Waals surface area contributed by atoms with Gasteiger partial charge in [-0.05, 0) is 36.4 Å². The zero-order valence-corrected chi connectivity index (χ0v) is 7.23. The number of aromatic nitrogens is 1. The molecule has 0 radical (unpaired) electrons. The summed E-state index contributed by atoms with van der Waals surface area (Å²) in [6, 6.07) is 0. The molecule has 0 aromatic carbocycles. The molecule has 0 fully saturated rings. The molecular formula is C8H12N2S. The third kappa shape index (κ3) is 1.19. The molecule has 3 heteroatoms. The molecule has 1 unspecified atom stereocenters. The Bertz CT molecular complexity index is 244. The summed E-state index contributed by atoms with van der Waals surface area (Å²) in [5.41, 5.74) is 8.36. The first kappa shape index (κ1) is 7.25. The van der Waals surface area contributed by atoms with Gasteiger partial charge in [0.25, 0.3) is 0 Å². The smallest absolute Gasteiger partial charge is 0.0617 e. The maximum absolute atomic E-state index is 5.64. The van der Waals surface area contributed by atoms with Gasteiger partial charge in [0.1, 0.15) is 0 Å². The quantitative estimate of drug-likeness (QED) is 0.690. The maximum Gasteiger partial charge on any atom is 0.0617 e. The molecule has 11 heavy (non-hydrogen) atoms. The predicted molar refractivity (Wildman–Crippen MR) is 46.8 cm³/mol. The minimum absolute atomic E-state index is 0.546. The van der Waals surface area contributed by atoms with Crippen LogP contribution in [0.2, 0.25) is 0 Å². The first-order chi connectivity index (χ1) is 5.42. The second-order valence-corrected chi connectivity index (χ2v) is 3.68. The van der Waals surface area contributed by atoms with Gasteiger partial charge >= 0.3 is 0 Å². The van der Waals surface area contributed by atoms with Crippen LogP contribution in [0, 0.1) is 0 Å². The Kier molecular flexibility index (Phi) is 1.92. The lowest BCUT2D eigenvalue weighted by Crippen LogP contribution is -2.17. The fourth-order valence-electron chi connectivity index (χ4n) is 1.69. The molecular weight excluding hydrogens is 156 g/mol. The zero-order chi connectivity index (χ0) is 7.68. The van der Waals surface area contributed by atoms with Crippen LogP contribution in [0.25, 0.3) is 0 Å². The summed E-state index contributed by atoms with van der Waals surface area (Å²) in [6.07, 6.45) is 3.73. The normalized spacial score (nSPS) is 23.2. The van der Waals surface area contributed by atoms with Crippen molar-refractivity contribution in [3.63, 3.8) is 0 Å². The summed E-state index contributed by atoms with van der Waals surface area (Å²) in [4.78, 5) is 0. The highest BCUT2D eigenvalue weighted by Gasteiger charge is 2.20. The Morgan fingerprint density at radius 1 is 1.73 bits per heavy atom. The van der Waals surface area contributed by atoms with Gasteiger partial charge in [0.05, 0.1) is 5.69 Å². The number of nitrogens with two attached hydrogens (primary N) is 1. The molecule has 0 bridgehead atoms. The van der Waals surface area contributed by atoms with Gasteiger partial charge in [-0.1, -0.05) is 0 Å². The minimum Gasteiger partial charge on any atom is -0.330 e. The summed E-state index contributed by atoms with van der Waals surface area (Å²) in [5.74, 6) is 0.546. The molecule has 0 spiro atoms. The van der Waals surface area contributed by atoms with Crippen LogP contribution >= 0.6 is 11.5 Å². The Balaban J connectivity index is 2.32. The fraction of sp³-hybridized carbons (Fsp3) is 0.625. The van der Waals surface area contributed by atoms with Crippen molar-refractivity contribution in [2.24, 2.45) is 5.73 Å². The Morgan fingerprint density at radius 2 is 2.64 bits per heavy atom. The maximum atomic E-state index is 5.64. The number of aryl methyl sites for hydroxylation is 1. The highest BCUT2D eigenvalue weighted by atomic mass is 32.1. The zero-order valence-electron chi connectivity index (χ0n) is 6.42. The van der Waals surface area contributed by atoms with Crippen LogP contribution in [0.15, 0.2) is 5.38 Å². The van der Waals surface area contributed by atoms with Crippen LogP contribution in [0.1, 0.15) is 30.0 Å². The third-order valence-electron chi connectivity index (χ3n) is 2.34. The lowest BCUT2D eigenvalue weighted by atomic mass is 9.88. The molecule has 1 heterocycles. The molecule has 1 atom stereocenters.